The van der Waals surface area contributed by atoms with E-state index in [0.717, 1.165) is 27.7 Å². The van der Waals surface area contributed by atoms with Gasteiger partial charge in [-0.3, -0.25) is 9.36 Å². The van der Waals surface area contributed by atoms with E-state index < -0.39 is 0 Å². The highest BCUT2D eigenvalue weighted by molar-refractivity contribution is 6.04. The van der Waals surface area contributed by atoms with E-state index in [-0.39, 0.29) is 5.91 Å². The molecule has 0 fully saturated rings. The molecule has 5 rings (SSSR count). The van der Waals surface area contributed by atoms with Crippen LogP contribution in [0.5, 0.6) is 5.75 Å². The number of ether oxygens (including phenoxy) is 1. The molecule has 3 N–H and O–H groups in total. The first-order chi connectivity index (χ1) is 14.6. The van der Waals surface area contributed by atoms with E-state index in [1.54, 1.807) is 16.7 Å². The number of hydrogen-bond donors (Lipinski definition) is 2. The first-order valence-electron chi connectivity index (χ1n) is 9.67. The molecule has 148 valence electrons. The van der Waals surface area contributed by atoms with Crippen molar-refractivity contribution in [1.29, 1.82) is 0 Å². The monoisotopic (exact) mass is 396 g/mol. The number of nitrogens with two attached hydrogens (primary N) is 1. The minimum atomic E-state index is -0.177. The fraction of sp³-hybridized carbons (Fsp3) is 0.0833. The number of fused-ring (bicyclic) bond motifs is 2. The lowest BCUT2D eigenvalue weighted by atomic mass is 10.2. The van der Waals surface area contributed by atoms with Crippen molar-refractivity contribution in [3.63, 3.8) is 0 Å². The highest BCUT2D eigenvalue weighted by Crippen LogP contribution is 2.25. The Morgan fingerprint density at radius 1 is 1.07 bits per heavy atom. The molecular formula is C24H20N4O2. The number of benzene rings is 3. The van der Waals surface area contributed by atoms with Crippen molar-refractivity contribution in [2.75, 3.05) is 5.73 Å². The van der Waals surface area contributed by atoms with Crippen molar-refractivity contribution in [2.45, 2.75) is 13.5 Å². The molecule has 6 heteroatoms. The number of H-pyrrole nitrogens is 1. The van der Waals surface area contributed by atoms with Crippen LogP contribution in [0.25, 0.3) is 21.9 Å². The number of anilines is 1. The van der Waals surface area contributed by atoms with Gasteiger partial charge >= 0.3 is 0 Å². The van der Waals surface area contributed by atoms with Crippen LogP contribution < -0.4 is 10.5 Å². The van der Waals surface area contributed by atoms with E-state index in [2.05, 4.69) is 9.97 Å². The lowest BCUT2D eigenvalue weighted by molar-refractivity contribution is 0.0958. The van der Waals surface area contributed by atoms with Crippen LogP contribution in [-0.4, -0.2) is 20.4 Å². The van der Waals surface area contributed by atoms with Crippen molar-refractivity contribution in [1.82, 2.24) is 14.5 Å². The molecule has 0 bridgehead atoms. The van der Waals surface area contributed by atoms with Crippen LogP contribution in [0.4, 0.5) is 5.69 Å². The molecule has 6 nitrogen and oxygen atoms in total. The summed E-state index contributed by atoms with van der Waals surface area (Å²) in [6, 6.07) is 23.0. The number of rotatable bonds is 4. The van der Waals surface area contributed by atoms with Crippen LogP contribution >= 0.6 is 0 Å². The van der Waals surface area contributed by atoms with Gasteiger partial charge in [-0.25, -0.2) is 4.98 Å². The number of aryl methyl sites for hydroxylation is 1. The summed E-state index contributed by atoms with van der Waals surface area (Å²) >= 11 is 0. The van der Waals surface area contributed by atoms with E-state index in [0.29, 0.717) is 29.3 Å². The predicted molar refractivity (Wildman–Crippen MR) is 118 cm³/mol. The predicted octanol–water partition coefficient (Wildman–Crippen LogP) is 4.68. The van der Waals surface area contributed by atoms with E-state index in [1.807, 2.05) is 67.6 Å². The van der Waals surface area contributed by atoms with Gasteiger partial charge in [-0.2, -0.15) is 0 Å². The summed E-state index contributed by atoms with van der Waals surface area (Å²) < 4.78 is 7.48. The zero-order valence-corrected chi connectivity index (χ0v) is 16.4. The molecule has 0 aliphatic carbocycles. The third-order valence-electron chi connectivity index (χ3n) is 5.12. The van der Waals surface area contributed by atoms with Crippen molar-refractivity contribution in [3.8, 4) is 5.75 Å². The van der Waals surface area contributed by atoms with E-state index in [9.17, 15) is 4.79 Å². The smallest absolute Gasteiger partial charge is 0.280 e. The molecule has 0 atom stereocenters. The van der Waals surface area contributed by atoms with Gasteiger partial charge in [-0.15, -0.1) is 0 Å². The minimum Gasteiger partial charge on any atom is -0.489 e. The fourth-order valence-electron chi connectivity index (χ4n) is 3.64. The quantitative estimate of drug-likeness (QED) is 0.432. The van der Waals surface area contributed by atoms with Crippen molar-refractivity contribution in [2.24, 2.45) is 0 Å². The normalized spacial score (nSPS) is 11.2. The van der Waals surface area contributed by atoms with Crippen LogP contribution in [0.15, 0.2) is 72.8 Å². The number of hydrogen-bond acceptors (Lipinski definition) is 4. The fourth-order valence-corrected chi connectivity index (χ4v) is 3.64. The Kier molecular flexibility index (Phi) is 4.25. The lowest BCUT2D eigenvalue weighted by Gasteiger charge is -2.06. The molecule has 0 aliphatic heterocycles. The molecule has 0 unspecified atom stereocenters. The topological polar surface area (TPSA) is 85.9 Å². The maximum absolute atomic E-state index is 13.2. The van der Waals surface area contributed by atoms with Gasteiger partial charge in [0.15, 0.2) is 0 Å². The summed E-state index contributed by atoms with van der Waals surface area (Å²) in [4.78, 5) is 20.9. The van der Waals surface area contributed by atoms with Crippen molar-refractivity contribution < 1.29 is 9.53 Å². The second-order valence-electron chi connectivity index (χ2n) is 7.25. The van der Waals surface area contributed by atoms with Crippen LogP contribution in [0, 0.1) is 6.92 Å². The maximum atomic E-state index is 13.2. The standard InChI is InChI=1S/C24H20N4O2/c1-15-26-20-10-8-18(25)12-23(20)28(15)24(29)22-11-17-7-9-19(13-21(17)27-22)30-14-16-5-3-2-4-6-16/h2-13,27H,14,25H2,1H3. The summed E-state index contributed by atoms with van der Waals surface area (Å²) in [7, 11) is 0. The number of carbonyl (C=O) groups excluding carboxylic acids is 1. The molecule has 0 saturated carbocycles. The second kappa shape index (κ2) is 7.08. The molecule has 5 aromatic rings. The summed E-state index contributed by atoms with van der Waals surface area (Å²) in [5.41, 5.74) is 10.4. The van der Waals surface area contributed by atoms with Crippen LogP contribution in [-0.2, 0) is 6.61 Å². The van der Waals surface area contributed by atoms with E-state index in [1.165, 1.54) is 0 Å². The van der Waals surface area contributed by atoms with Gasteiger partial charge in [-0.1, -0.05) is 30.3 Å². The summed E-state index contributed by atoms with van der Waals surface area (Å²) in [5.74, 6) is 1.18. The Balaban J connectivity index is 1.46. The molecule has 2 aromatic heterocycles. The maximum Gasteiger partial charge on any atom is 0.280 e. The van der Waals surface area contributed by atoms with Gasteiger partial charge in [0.05, 0.1) is 11.0 Å². The molecule has 2 heterocycles. The van der Waals surface area contributed by atoms with Crippen LogP contribution in [0.2, 0.25) is 0 Å². The SMILES string of the molecule is Cc1nc2ccc(N)cc2n1C(=O)c1cc2ccc(OCc3ccccc3)cc2[nH]1. The third kappa shape index (κ3) is 3.18. The number of imidazole rings is 1. The largest absolute Gasteiger partial charge is 0.489 e. The minimum absolute atomic E-state index is 0.177. The van der Waals surface area contributed by atoms with Crippen LogP contribution in [0.3, 0.4) is 0 Å². The molecule has 0 radical (unpaired) electrons. The van der Waals surface area contributed by atoms with Gasteiger partial charge in [0.2, 0.25) is 0 Å². The lowest BCUT2D eigenvalue weighted by Crippen LogP contribution is -2.14. The number of carbonyl (C=O) groups is 1. The molecule has 0 saturated heterocycles. The molecule has 0 aliphatic rings. The second-order valence-corrected chi connectivity index (χ2v) is 7.25. The van der Waals surface area contributed by atoms with Crippen molar-refractivity contribution in [3.05, 3.63) is 89.9 Å². The van der Waals surface area contributed by atoms with Gasteiger partial charge in [0, 0.05) is 22.7 Å². The van der Waals surface area contributed by atoms with Gasteiger partial charge < -0.3 is 15.5 Å². The first-order valence-corrected chi connectivity index (χ1v) is 9.67. The van der Waals surface area contributed by atoms with Gasteiger partial charge in [-0.05, 0) is 48.9 Å². The Bertz CT molecular complexity index is 1380. The van der Waals surface area contributed by atoms with E-state index in [4.69, 9.17) is 10.5 Å². The third-order valence-corrected chi connectivity index (χ3v) is 5.12. The van der Waals surface area contributed by atoms with Crippen LogP contribution in [0.1, 0.15) is 21.9 Å². The number of nitrogens with one attached hydrogen (secondary N) is 1. The molecule has 30 heavy (non-hydrogen) atoms. The summed E-state index contributed by atoms with van der Waals surface area (Å²) in [6.45, 7) is 2.30. The Labute approximate surface area is 172 Å². The highest BCUT2D eigenvalue weighted by atomic mass is 16.5. The summed E-state index contributed by atoms with van der Waals surface area (Å²) in [5, 5.41) is 0.937. The first kappa shape index (κ1) is 18.0. The molecule has 0 spiro atoms. The van der Waals surface area contributed by atoms with Gasteiger partial charge in [0.25, 0.3) is 5.91 Å². The number of aromatic nitrogens is 3. The number of nitrogen functional groups attached to an aromatic ring is 1. The van der Waals surface area contributed by atoms with E-state index >= 15 is 0 Å². The zero-order chi connectivity index (χ0) is 20.7. The Hall–Kier alpha value is -4.06. The Morgan fingerprint density at radius 2 is 1.90 bits per heavy atom. The average molecular weight is 396 g/mol. The van der Waals surface area contributed by atoms with Crippen molar-refractivity contribution >= 4 is 33.5 Å². The molecule has 3 aromatic carbocycles. The van der Waals surface area contributed by atoms with Gasteiger partial charge in [0.1, 0.15) is 23.9 Å². The Morgan fingerprint density at radius 3 is 2.73 bits per heavy atom. The number of aromatic amines is 1. The average Bonchev–Trinajstić information content (AvgIpc) is 3.32. The molecule has 0 amide bonds. The molecular weight excluding hydrogens is 376 g/mol. The highest BCUT2D eigenvalue weighted by Gasteiger charge is 2.18. The number of nitrogens with zero attached hydrogens (tertiary/aromatic N) is 2. The zero-order valence-electron chi connectivity index (χ0n) is 16.4. The summed E-state index contributed by atoms with van der Waals surface area (Å²) in [6.07, 6.45) is 0.